The fourth-order valence-corrected chi connectivity index (χ4v) is 1.49. The molecule has 1 aromatic carbocycles. The molecule has 1 aliphatic heterocycles. The van der Waals surface area contributed by atoms with Gasteiger partial charge in [-0.1, -0.05) is 13.3 Å². The zero-order valence-corrected chi connectivity index (χ0v) is 8.99. The molecule has 0 N–H and O–H groups in total. The van der Waals surface area contributed by atoms with Crippen molar-refractivity contribution in [2.24, 2.45) is 0 Å². The molecule has 1 heterocycles. The average Bonchev–Trinajstić information content (AvgIpc) is 2.55. The van der Waals surface area contributed by atoms with Gasteiger partial charge in [0.15, 0.2) is 0 Å². The van der Waals surface area contributed by atoms with Gasteiger partial charge >= 0.3 is 11.9 Å². The highest BCUT2D eigenvalue weighted by atomic mass is 16.6. The third-order valence-corrected chi connectivity index (χ3v) is 2.38. The molecule has 0 saturated heterocycles. The van der Waals surface area contributed by atoms with Crippen molar-refractivity contribution in [2.75, 3.05) is 6.61 Å². The van der Waals surface area contributed by atoms with Gasteiger partial charge in [-0.2, -0.15) is 0 Å². The van der Waals surface area contributed by atoms with Crippen LogP contribution in [0.1, 0.15) is 40.5 Å². The van der Waals surface area contributed by atoms with Crippen molar-refractivity contribution in [2.45, 2.75) is 19.8 Å². The first-order valence-corrected chi connectivity index (χ1v) is 5.25. The van der Waals surface area contributed by atoms with Gasteiger partial charge in [0.2, 0.25) is 0 Å². The van der Waals surface area contributed by atoms with E-state index in [0.29, 0.717) is 23.5 Å². The van der Waals surface area contributed by atoms with Crippen molar-refractivity contribution < 1.29 is 19.1 Å². The monoisotopic (exact) mass is 220 g/mol. The van der Waals surface area contributed by atoms with Gasteiger partial charge in [0.1, 0.15) is 5.75 Å². The van der Waals surface area contributed by atoms with E-state index < -0.39 is 11.9 Å². The molecule has 0 fully saturated rings. The molecule has 1 aromatic rings. The second kappa shape index (κ2) is 4.35. The van der Waals surface area contributed by atoms with Crippen LogP contribution >= 0.6 is 0 Å². The van der Waals surface area contributed by atoms with E-state index in [1.54, 1.807) is 18.2 Å². The van der Waals surface area contributed by atoms with Crippen LogP contribution in [0.5, 0.6) is 5.75 Å². The van der Waals surface area contributed by atoms with Crippen LogP contribution in [0, 0.1) is 0 Å². The van der Waals surface area contributed by atoms with E-state index in [9.17, 15) is 9.59 Å². The number of fused-ring (bicyclic) bond motifs is 1. The molecule has 0 bridgehead atoms. The van der Waals surface area contributed by atoms with E-state index in [0.717, 1.165) is 12.8 Å². The lowest BCUT2D eigenvalue weighted by Gasteiger charge is -2.05. The molecule has 0 radical (unpaired) electrons. The SMILES string of the molecule is CCCCOc1ccc2c(c1)C(=O)OC2=O. The van der Waals surface area contributed by atoms with E-state index >= 15 is 0 Å². The third-order valence-electron chi connectivity index (χ3n) is 2.38. The van der Waals surface area contributed by atoms with E-state index in [-0.39, 0.29) is 0 Å². The summed E-state index contributed by atoms with van der Waals surface area (Å²) in [7, 11) is 0. The van der Waals surface area contributed by atoms with Gasteiger partial charge < -0.3 is 9.47 Å². The molecule has 4 heteroatoms. The normalized spacial score (nSPS) is 13.6. The summed E-state index contributed by atoms with van der Waals surface area (Å²) in [5.74, 6) is -0.583. The number of cyclic esters (lactones) is 2. The predicted molar refractivity (Wildman–Crippen MR) is 56.6 cm³/mol. The Hall–Kier alpha value is -1.84. The lowest BCUT2D eigenvalue weighted by molar-refractivity contribution is 0.0443. The minimum atomic E-state index is -0.596. The predicted octanol–water partition coefficient (Wildman–Crippen LogP) is 2.18. The van der Waals surface area contributed by atoms with Gasteiger partial charge in [-0.25, -0.2) is 9.59 Å². The lowest BCUT2D eigenvalue weighted by Crippen LogP contribution is -1.98. The van der Waals surface area contributed by atoms with Crippen LogP contribution in [0.3, 0.4) is 0 Å². The minimum Gasteiger partial charge on any atom is -0.494 e. The minimum absolute atomic E-state index is 0.291. The molecular weight excluding hydrogens is 208 g/mol. The summed E-state index contributed by atoms with van der Waals surface area (Å²) in [6.07, 6.45) is 2.01. The maximum Gasteiger partial charge on any atom is 0.347 e. The second-order valence-electron chi connectivity index (χ2n) is 3.59. The number of benzene rings is 1. The Morgan fingerprint density at radius 2 is 1.94 bits per heavy atom. The number of esters is 2. The van der Waals surface area contributed by atoms with Crippen molar-refractivity contribution in [3.05, 3.63) is 29.3 Å². The fraction of sp³-hybridized carbons (Fsp3) is 0.333. The largest absolute Gasteiger partial charge is 0.494 e. The van der Waals surface area contributed by atoms with E-state index in [2.05, 4.69) is 11.7 Å². The number of carbonyl (C=O) groups excluding carboxylic acids is 2. The summed E-state index contributed by atoms with van der Waals surface area (Å²) in [4.78, 5) is 22.4. The van der Waals surface area contributed by atoms with Crippen molar-refractivity contribution >= 4 is 11.9 Å². The summed E-state index contributed by atoms with van der Waals surface area (Å²) in [6, 6.07) is 4.79. The summed E-state index contributed by atoms with van der Waals surface area (Å²) < 4.78 is 9.92. The molecule has 0 atom stereocenters. The van der Waals surface area contributed by atoms with Gasteiger partial charge in [-0.15, -0.1) is 0 Å². The van der Waals surface area contributed by atoms with Crippen LogP contribution in [0.2, 0.25) is 0 Å². The van der Waals surface area contributed by atoms with Crippen LogP contribution < -0.4 is 4.74 Å². The second-order valence-corrected chi connectivity index (χ2v) is 3.59. The summed E-state index contributed by atoms with van der Waals surface area (Å²) in [5, 5.41) is 0. The molecule has 16 heavy (non-hydrogen) atoms. The standard InChI is InChI=1S/C12H12O4/c1-2-3-6-15-8-4-5-9-10(7-8)12(14)16-11(9)13/h4-5,7H,2-3,6H2,1H3. The lowest BCUT2D eigenvalue weighted by atomic mass is 10.1. The zero-order valence-electron chi connectivity index (χ0n) is 8.99. The number of ether oxygens (including phenoxy) is 2. The smallest absolute Gasteiger partial charge is 0.347 e. The van der Waals surface area contributed by atoms with Gasteiger partial charge in [0.05, 0.1) is 17.7 Å². The number of carbonyl (C=O) groups is 2. The van der Waals surface area contributed by atoms with Crippen molar-refractivity contribution in [3.8, 4) is 5.75 Å². The van der Waals surface area contributed by atoms with Crippen molar-refractivity contribution in [1.29, 1.82) is 0 Å². The first-order valence-electron chi connectivity index (χ1n) is 5.25. The molecule has 84 valence electrons. The van der Waals surface area contributed by atoms with E-state index in [1.165, 1.54) is 0 Å². The Kier molecular flexibility index (Phi) is 2.90. The highest BCUT2D eigenvalue weighted by molar-refractivity contribution is 6.14. The van der Waals surface area contributed by atoms with Crippen molar-refractivity contribution in [1.82, 2.24) is 0 Å². The fourth-order valence-electron chi connectivity index (χ4n) is 1.49. The molecule has 0 spiro atoms. The third kappa shape index (κ3) is 1.91. The maximum atomic E-state index is 11.3. The highest BCUT2D eigenvalue weighted by Gasteiger charge is 2.29. The van der Waals surface area contributed by atoms with Crippen LogP contribution in [0.4, 0.5) is 0 Å². The van der Waals surface area contributed by atoms with E-state index in [4.69, 9.17) is 4.74 Å². The molecular formula is C12H12O4. The highest BCUT2D eigenvalue weighted by Crippen LogP contribution is 2.24. The molecule has 4 nitrogen and oxygen atoms in total. The molecule has 0 saturated carbocycles. The van der Waals surface area contributed by atoms with Crippen molar-refractivity contribution in [3.63, 3.8) is 0 Å². The van der Waals surface area contributed by atoms with Crippen LogP contribution in [0.25, 0.3) is 0 Å². The van der Waals surface area contributed by atoms with Crippen LogP contribution in [-0.2, 0) is 4.74 Å². The van der Waals surface area contributed by atoms with Crippen LogP contribution in [0.15, 0.2) is 18.2 Å². The molecule has 2 rings (SSSR count). The molecule has 0 aromatic heterocycles. The van der Waals surface area contributed by atoms with Crippen LogP contribution in [-0.4, -0.2) is 18.5 Å². The molecule has 0 aliphatic carbocycles. The van der Waals surface area contributed by atoms with Gasteiger partial charge in [0, 0.05) is 0 Å². The Balaban J connectivity index is 2.16. The van der Waals surface area contributed by atoms with E-state index in [1.807, 2.05) is 0 Å². The Bertz CT molecular complexity index is 437. The topological polar surface area (TPSA) is 52.6 Å². The Morgan fingerprint density at radius 3 is 2.69 bits per heavy atom. The zero-order chi connectivity index (χ0) is 11.5. The summed E-state index contributed by atoms with van der Waals surface area (Å²) >= 11 is 0. The summed E-state index contributed by atoms with van der Waals surface area (Å²) in [6.45, 7) is 2.68. The number of rotatable bonds is 4. The number of hydrogen-bond acceptors (Lipinski definition) is 4. The van der Waals surface area contributed by atoms with Gasteiger partial charge in [-0.3, -0.25) is 0 Å². The van der Waals surface area contributed by atoms with Gasteiger partial charge in [0.25, 0.3) is 0 Å². The first kappa shape index (κ1) is 10.7. The number of unbranched alkanes of at least 4 members (excludes halogenated alkanes) is 1. The Labute approximate surface area is 93.2 Å². The first-order chi connectivity index (χ1) is 7.72. The molecule has 1 aliphatic rings. The van der Waals surface area contributed by atoms with Gasteiger partial charge in [-0.05, 0) is 24.6 Å². The summed E-state index contributed by atoms with van der Waals surface area (Å²) in [5.41, 5.74) is 0.604. The maximum absolute atomic E-state index is 11.3. The molecule has 0 amide bonds. The Morgan fingerprint density at radius 1 is 1.19 bits per heavy atom. The number of hydrogen-bond donors (Lipinski definition) is 0. The average molecular weight is 220 g/mol. The quantitative estimate of drug-likeness (QED) is 0.443. The molecule has 0 unspecified atom stereocenters.